The number of nitrogens with zero attached hydrogens (tertiary/aromatic N) is 2. The Morgan fingerprint density at radius 2 is 1.90 bits per heavy atom. The van der Waals surface area contributed by atoms with Crippen molar-refractivity contribution in [1.82, 2.24) is 14.9 Å². The molecule has 6 nitrogen and oxygen atoms in total. The van der Waals surface area contributed by atoms with Gasteiger partial charge < -0.3 is 10.4 Å². The van der Waals surface area contributed by atoms with Crippen molar-refractivity contribution in [2.24, 2.45) is 0 Å². The van der Waals surface area contributed by atoms with Gasteiger partial charge in [0.25, 0.3) is 11.5 Å². The molecular formula is C22H30ClN3O3. The first-order chi connectivity index (χ1) is 13.8. The van der Waals surface area contributed by atoms with Crippen molar-refractivity contribution >= 4 is 23.6 Å². The molecule has 1 amide bonds. The molecule has 0 unspecified atom stereocenters. The summed E-state index contributed by atoms with van der Waals surface area (Å²) in [6, 6.07) is 5.37. The van der Waals surface area contributed by atoms with Crippen molar-refractivity contribution in [3.63, 3.8) is 0 Å². The molecule has 158 valence electrons. The summed E-state index contributed by atoms with van der Waals surface area (Å²) in [4.78, 5) is 29.2. The Bertz CT molecular complexity index is 934. The van der Waals surface area contributed by atoms with Crippen LogP contribution in [0.4, 0.5) is 0 Å². The molecule has 2 aromatic rings. The van der Waals surface area contributed by atoms with Gasteiger partial charge in [-0.1, -0.05) is 44.5 Å². The lowest BCUT2D eigenvalue weighted by Crippen LogP contribution is -2.31. The number of benzene rings is 1. The molecular weight excluding hydrogens is 390 g/mol. The Hall–Kier alpha value is -2.60. The zero-order valence-corrected chi connectivity index (χ0v) is 18.7. The maximum atomic E-state index is 12.5. The molecule has 2 rings (SSSR count). The molecule has 0 fully saturated rings. The van der Waals surface area contributed by atoms with Gasteiger partial charge in [-0.2, -0.15) is 0 Å². The third-order valence-corrected chi connectivity index (χ3v) is 4.26. The maximum Gasteiger partial charge on any atom is 0.297 e. The van der Waals surface area contributed by atoms with Crippen LogP contribution in [0.1, 0.15) is 75.0 Å². The molecule has 0 saturated carbocycles. The van der Waals surface area contributed by atoms with E-state index in [1.807, 2.05) is 32.9 Å². The molecule has 1 aromatic carbocycles. The molecule has 0 aliphatic heterocycles. The van der Waals surface area contributed by atoms with Crippen molar-refractivity contribution in [3.8, 4) is 5.75 Å². The van der Waals surface area contributed by atoms with Crippen LogP contribution in [0.5, 0.6) is 5.75 Å². The van der Waals surface area contributed by atoms with Gasteiger partial charge in [0.05, 0.1) is 0 Å². The molecule has 0 bridgehead atoms. The van der Waals surface area contributed by atoms with Gasteiger partial charge >= 0.3 is 0 Å². The second-order valence-corrected chi connectivity index (χ2v) is 6.88. The second kappa shape index (κ2) is 11.4. The fourth-order valence-electron chi connectivity index (χ4n) is 2.75. The zero-order chi connectivity index (χ0) is 22.1. The number of halogens is 1. The Morgan fingerprint density at radius 3 is 2.45 bits per heavy atom. The van der Waals surface area contributed by atoms with E-state index in [0.29, 0.717) is 10.8 Å². The van der Waals surface area contributed by atoms with E-state index in [2.05, 4.69) is 10.3 Å². The number of nitrogens with one attached hydrogen (secondary N) is 1. The number of carbonyl (C=O) groups is 1. The number of hydrogen-bond donors (Lipinski definition) is 2. The molecule has 0 aliphatic carbocycles. The SMILES string of the molecule is C/C=C/c1nc(C(=O)NCc2cc(Cl)cc(CC)c2)c(O)c(=O)n1C(C)C.CC. The quantitative estimate of drug-likeness (QED) is 0.708. The van der Waals surface area contributed by atoms with Crippen LogP contribution >= 0.6 is 11.6 Å². The number of aryl methyl sites for hydroxylation is 1. The van der Waals surface area contributed by atoms with Crippen LogP contribution in [-0.2, 0) is 13.0 Å². The van der Waals surface area contributed by atoms with E-state index in [4.69, 9.17) is 11.6 Å². The molecule has 0 aliphatic rings. The monoisotopic (exact) mass is 419 g/mol. The lowest BCUT2D eigenvalue weighted by Gasteiger charge is -2.15. The highest BCUT2D eigenvalue weighted by atomic mass is 35.5. The van der Waals surface area contributed by atoms with E-state index >= 15 is 0 Å². The summed E-state index contributed by atoms with van der Waals surface area (Å²) in [5.74, 6) is -0.962. The number of allylic oxidation sites excluding steroid dienone is 1. The lowest BCUT2D eigenvalue weighted by molar-refractivity contribution is 0.0941. The molecule has 1 heterocycles. The molecule has 1 aromatic heterocycles. The van der Waals surface area contributed by atoms with Crippen LogP contribution in [0.15, 0.2) is 29.1 Å². The standard InChI is InChI=1S/C20H24ClN3O3.C2H6/c1-5-7-16-23-17(18(25)20(27)24(16)12(3)4)19(26)22-11-14-8-13(6-2)9-15(21)10-14;1-2/h5,7-10,12,25H,6,11H2,1-4H3,(H,22,26);1-2H3/b7-5+;. The first-order valence-corrected chi connectivity index (χ1v) is 10.2. The predicted molar refractivity (Wildman–Crippen MR) is 119 cm³/mol. The topological polar surface area (TPSA) is 84.2 Å². The van der Waals surface area contributed by atoms with E-state index in [1.54, 1.807) is 39.0 Å². The summed E-state index contributed by atoms with van der Waals surface area (Å²) in [7, 11) is 0. The highest BCUT2D eigenvalue weighted by molar-refractivity contribution is 6.30. The number of amides is 1. The summed E-state index contributed by atoms with van der Waals surface area (Å²) in [5.41, 5.74) is 0.955. The Kier molecular flexibility index (Phi) is 9.62. The lowest BCUT2D eigenvalue weighted by atomic mass is 10.1. The van der Waals surface area contributed by atoms with Gasteiger partial charge in [0.15, 0.2) is 5.69 Å². The van der Waals surface area contributed by atoms with Crippen LogP contribution in [-0.4, -0.2) is 20.6 Å². The van der Waals surface area contributed by atoms with Gasteiger partial charge in [-0.15, -0.1) is 0 Å². The summed E-state index contributed by atoms with van der Waals surface area (Å²) in [6.07, 6.45) is 4.17. The van der Waals surface area contributed by atoms with E-state index in [0.717, 1.165) is 17.5 Å². The minimum Gasteiger partial charge on any atom is -0.501 e. The van der Waals surface area contributed by atoms with Gasteiger partial charge in [0.1, 0.15) is 5.82 Å². The highest BCUT2D eigenvalue weighted by Crippen LogP contribution is 2.17. The third kappa shape index (κ3) is 6.19. The number of aromatic hydroxyl groups is 1. The van der Waals surface area contributed by atoms with E-state index in [9.17, 15) is 14.7 Å². The van der Waals surface area contributed by atoms with Crippen molar-refractivity contribution < 1.29 is 9.90 Å². The van der Waals surface area contributed by atoms with Crippen LogP contribution < -0.4 is 10.9 Å². The Balaban J connectivity index is 0.00000204. The van der Waals surface area contributed by atoms with Gasteiger partial charge in [-0.05, 0) is 56.5 Å². The number of rotatable bonds is 6. The first-order valence-electron chi connectivity index (χ1n) is 9.83. The number of carbonyl (C=O) groups excluding carboxylic acids is 1. The van der Waals surface area contributed by atoms with Crippen LogP contribution in [0.25, 0.3) is 6.08 Å². The summed E-state index contributed by atoms with van der Waals surface area (Å²) < 4.78 is 1.34. The molecule has 7 heteroatoms. The van der Waals surface area contributed by atoms with Crippen molar-refractivity contribution in [3.05, 3.63) is 62.3 Å². The maximum absolute atomic E-state index is 12.5. The van der Waals surface area contributed by atoms with Crippen molar-refractivity contribution in [2.45, 2.75) is 60.5 Å². The minimum atomic E-state index is -0.658. The van der Waals surface area contributed by atoms with Crippen molar-refractivity contribution in [1.29, 1.82) is 0 Å². The fourth-order valence-corrected chi connectivity index (χ4v) is 3.03. The summed E-state index contributed by atoms with van der Waals surface area (Å²) in [5, 5.41) is 13.5. The first kappa shape index (κ1) is 24.4. The summed E-state index contributed by atoms with van der Waals surface area (Å²) in [6.45, 7) is 11.6. The van der Waals surface area contributed by atoms with Crippen LogP contribution in [0.3, 0.4) is 0 Å². The Labute approximate surface area is 177 Å². The average Bonchev–Trinajstić information content (AvgIpc) is 2.69. The largest absolute Gasteiger partial charge is 0.501 e. The molecule has 29 heavy (non-hydrogen) atoms. The predicted octanol–water partition coefficient (Wildman–Crippen LogP) is 4.73. The van der Waals surface area contributed by atoms with Crippen molar-refractivity contribution in [2.75, 3.05) is 0 Å². The van der Waals surface area contributed by atoms with Gasteiger partial charge in [0.2, 0.25) is 5.75 Å². The van der Waals surface area contributed by atoms with Gasteiger partial charge in [-0.3, -0.25) is 14.2 Å². The van der Waals surface area contributed by atoms with Crippen LogP contribution in [0, 0.1) is 0 Å². The smallest absolute Gasteiger partial charge is 0.297 e. The molecule has 0 atom stereocenters. The normalized spacial score (nSPS) is 10.8. The molecule has 0 saturated heterocycles. The second-order valence-electron chi connectivity index (χ2n) is 6.44. The number of aromatic nitrogens is 2. The number of hydrogen-bond acceptors (Lipinski definition) is 4. The summed E-state index contributed by atoms with van der Waals surface area (Å²) >= 11 is 6.09. The molecule has 0 spiro atoms. The zero-order valence-electron chi connectivity index (χ0n) is 17.9. The average molecular weight is 420 g/mol. The third-order valence-electron chi connectivity index (χ3n) is 4.04. The Morgan fingerprint density at radius 1 is 1.28 bits per heavy atom. The van der Waals surface area contributed by atoms with E-state index < -0.39 is 17.2 Å². The van der Waals surface area contributed by atoms with E-state index in [-0.39, 0.29) is 18.3 Å². The molecule has 0 radical (unpaired) electrons. The van der Waals surface area contributed by atoms with Gasteiger partial charge in [0, 0.05) is 17.6 Å². The van der Waals surface area contributed by atoms with Gasteiger partial charge in [-0.25, -0.2) is 4.98 Å². The minimum absolute atomic E-state index is 0.208. The fraction of sp³-hybridized carbons (Fsp3) is 0.409. The van der Waals surface area contributed by atoms with E-state index in [1.165, 1.54) is 4.57 Å². The van der Waals surface area contributed by atoms with Crippen LogP contribution in [0.2, 0.25) is 5.02 Å². The molecule has 2 N–H and O–H groups in total. The highest BCUT2D eigenvalue weighted by Gasteiger charge is 2.21.